The summed E-state index contributed by atoms with van der Waals surface area (Å²) in [5.41, 5.74) is 2.78. The summed E-state index contributed by atoms with van der Waals surface area (Å²) in [4.78, 5) is 16.4. The molecule has 1 N–H and O–H groups in total. The van der Waals surface area contributed by atoms with E-state index in [1.54, 1.807) is 22.8 Å². The highest BCUT2D eigenvalue weighted by Crippen LogP contribution is 2.26. The molecule has 1 amide bonds. The Balaban J connectivity index is 1.64. The number of hydrogen-bond donors (Lipinski definition) is 1. The molecule has 0 bridgehead atoms. The van der Waals surface area contributed by atoms with Gasteiger partial charge in [0.2, 0.25) is 0 Å². The number of nitrogens with zero attached hydrogens (tertiary/aromatic N) is 4. The van der Waals surface area contributed by atoms with Gasteiger partial charge in [0.05, 0.1) is 6.20 Å². The number of aliphatic hydroxyl groups excluding tert-OH is 1. The Morgan fingerprint density at radius 2 is 2.00 bits per heavy atom. The van der Waals surface area contributed by atoms with Crippen molar-refractivity contribution in [3.05, 3.63) is 46.7 Å². The summed E-state index contributed by atoms with van der Waals surface area (Å²) >= 11 is 6.09. The molecule has 1 aliphatic rings. The summed E-state index contributed by atoms with van der Waals surface area (Å²) < 4.78 is 1.58. The summed E-state index contributed by atoms with van der Waals surface area (Å²) in [5, 5.41) is 15.0. The van der Waals surface area contributed by atoms with Crippen molar-refractivity contribution in [1.82, 2.24) is 14.7 Å². The lowest BCUT2D eigenvalue weighted by Crippen LogP contribution is -2.50. The monoisotopic (exact) mass is 348 g/mol. The van der Waals surface area contributed by atoms with Crippen LogP contribution in [-0.4, -0.2) is 51.9 Å². The van der Waals surface area contributed by atoms with Crippen molar-refractivity contribution in [1.29, 1.82) is 0 Å². The molecule has 0 radical (unpaired) electrons. The number of anilines is 1. The van der Waals surface area contributed by atoms with Crippen LogP contribution < -0.4 is 4.90 Å². The number of amides is 1. The predicted octanol–water partition coefficient (Wildman–Crippen LogP) is 1.76. The molecule has 1 aromatic carbocycles. The zero-order valence-corrected chi connectivity index (χ0v) is 14.6. The van der Waals surface area contributed by atoms with E-state index in [1.807, 2.05) is 18.2 Å². The Morgan fingerprint density at radius 1 is 1.29 bits per heavy atom. The molecule has 128 valence electrons. The Kier molecular flexibility index (Phi) is 4.78. The summed E-state index contributed by atoms with van der Waals surface area (Å²) in [7, 11) is 1.76. The van der Waals surface area contributed by atoms with Crippen molar-refractivity contribution in [2.24, 2.45) is 7.05 Å². The van der Waals surface area contributed by atoms with Crippen LogP contribution in [0.25, 0.3) is 0 Å². The van der Waals surface area contributed by atoms with Gasteiger partial charge < -0.3 is 14.9 Å². The summed E-state index contributed by atoms with van der Waals surface area (Å²) in [5.74, 6) is -0.273. The van der Waals surface area contributed by atoms with E-state index < -0.39 is 6.10 Å². The van der Waals surface area contributed by atoms with Crippen molar-refractivity contribution in [2.45, 2.75) is 13.0 Å². The topological polar surface area (TPSA) is 61.6 Å². The van der Waals surface area contributed by atoms with E-state index in [9.17, 15) is 9.90 Å². The van der Waals surface area contributed by atoms with Gasteiger partial charge in [-0.2, -0.15) is 5.10 Å². The molecule has 1 aliphatic heterocycles. The minimum absolute atomic E-state index is 0.273. The van der Waals surface area contributed by atoms with E-state index in [-0.39, 0.29) is 5.91 Å². The lowest BCUT2D eigenvalue weighted by Gasteiger charge is -2.37. The molecule has 2 aromatic rings. The molecule has 1 aromatic heterocycles. The van der Waals surface area contributed by atoms with Crippen molar-refractivity contribution in [2.75, 3.05) is 31.1 Å². The molecule has 3 rings (SSSR count). The molecule has 6 nitrogen and oxygen atoms in total. The lowest BCUT2D eigenvalue weighted by atomic mass is 10.1. The molecule has 0 unspecified atom stereocenters. The number of hydrogen-bond acceptors (Lipinski definition) is 4. The number of aromatic nitrogens is 2. The largest absolute Gasteiger partial charge is 0.378 e. The smallest absolute Gasteiger partial charge is 0.256 e. The second kappa shape index (κ2) is 6.83. The SMILES string of the molecule is Cc1ccc(Cl)cc1N1CCN(C(=O)[C@@H](O)c2cnn(C)c2)CC1. The third-order valence-electron chi connectivity index (χ3n) is 4.38. The molecule has 24 heavy (non-hydrogen) atoms. The fourth-order valence-electron chi connectivity index (χ4n) is 2.99. The minimum atomic E-state index is -1.15. The highest BCUT2D eigenvalue weighted by molar-refractivity contribution is 6.30. The van der Waals surface area contributed by atoms with Gasteiger partial charge >= 0.3 is 0 Å². The third kappa shape index (κ3) is 3.39. The maximum absolute atomic E-state index is 12.5. The van der Waals surface area contributed by atoms with Crippen LogP contribution in [0.1, 0.15) is 17.2 Å². The van der Waals surface area contributed by atoms with E-state index in [2.05, 4.69) is 16.9 Å². The molecule has 1 saturated heterocycles. The van der Waals surface area contributed by atoms with Crippen LogP contribution in [0.2, 0.25) is 5.02 Å². The van der Waals surface area contributed by atoms with Crippen LogP contribution in [0.3, 0.4) is 0 Å². The Morgan fingerprint density at radius 3 is 2.62 bits per heavy atom. The average molecular weight is 349 g/mol. The zero-order valence-electron chi connectivity index (χ0n) is 13.8. The van der Waals surface area contributed by atoms with E-state index in [1.165, 1.54) is 6.20 Å². The first-order chi connectivity index (χ1) is 11.5. The first-order valence-electron chi connectivity index (χ1n) is 7.92. The summed E-state index contributed by atoms with van der Waals surface area (Å²) in [6.07, 6.45) is 2.03. The van der Waals surface area contributed by atoms with Crippen molar-refractivity contribution in [3.63, 3.8) is 0 Å². The molecular formula is C17H21ClN4O2. The molecule has 1 atom stereocenters. The highest BCUT2D eigenvalue weighted by atomic mass is 35.5. The predicted molar refractivity (Wildman–Crippen MR) is 93.1 cm³/mol. The number of benzene rings is 1. The van der Waals surface area contributed by atoms with Crippen LogP contribution in [-0.2, 0) is 11.8 Å². The highest BCUT2D eigenvalue weighted by Gasteiger charge is 2.28. The fourth-order valence-corrected chi connectivity index (χ4v) is 3.15. The number of halogens is 1. The van der Waals surface area contributed by atoms with Gasteiger partial charge in [-0.15, -0.1) is 0 Å². The average Bonchev–Trinajstić information content (AvgIpc) is 3.02. The minimum Gasteiger partial charge on any atom is -0.378 e. The van der Waals surface area contributed by atoms with Crippen molar-refractivity contribution >= 4 is 23.2 Å². The Bertz CT molecular complexity index is 738. The quantitative estimate of drug-likeness (QED) is 0.918. The second-order valence-corrected chi connectivity index (χ2v) is 6.53. The van der Waals surface area contributed by atoms with Gasteiger partial charge in [0.15, 0.2) is 6.10 Å². The zero-order chi connectivity index (χ0) is 17.3. The number of rotatable bonds is 3. The number of carbonyl (C=O) groups excluding carboxylic acids is 1. The number of aryl methyl sites for hydroxylation is 2. The molecular weight excluding hydrogens is 328 g/mol. The van der Waals surface area contributed by atoms with Gasteiger partial charge in [0.25, 0.3) is 5.91 Å². The third-order valence-corrected chi connectivity index (χ3v) is 4.61. The molecule has 1 fully saturated rings. The molecule has 0 saturated carbocycles. The molecule has 0 aliphatic carbocycles. The standard InChI is InChI=1S/C17H21ClN4O2/c1-12-3-4-14(18)9-15(12)21-5-7-22(8-6-21)17(24)16(23)13-10-19-20(2)11-13/h3-4,9-11,16,23H,5-8H2,1-2H3/t16-/m0/s1. The Hall–Kier alpha value is -2.05. The van der Waals surface area contributed by atoms with Crippen molar-refractivity contribution in [3.8, 4) is 0 Å². The maximum Gasteiger partial charge on any atom is 0.256 e. The van der Waals surface area contributed by atoms with Gasteiger partial charge in [0, 0.05) is 55.7 Å². The van der Waals surface area contributed by atoms with Crippen LogP contribution in [0, 0.1) is 6.92 Å². The molecule has 0 spiro atoms. The number of carbonyl (C=O) groups is 1. The van der Waals surface area contributed by atoms with Crippen LogP contribution >= 0.6 is 11.6 Å². The summed E-state index contributed by atoms with van der Waals surface area (Å²) in [6.45, 7) is 4.62. The van der Waals surface area contributed by atoms with Crippen LogP contribution in [0.5, 0.6) is 0 Å². The van der Waals surface area contributed by atoms with E-state index in [0.717, 1.165) is 11.3 Å². The fraction of sp³-hybridized carbons (Fsp3) is 0.412. The second-order valence-electron chi connectivity index (χ2n) is 6.09. The van der Waals surface area contributed by atoms with E-state index in [4.69, 9.17) is 11.6 Å². The Labute approximate surface area is 146 Å². The molecule has 2 heterocycles. The summed E-state index contributed by atoms with van der Waals surface area (Å²) in [6, 6.07) is 5.84. The van der Waals surface area contributed by atoms with Crippen LogP contribution in [0.15, 0.2) is 30.6 Å². The van der Waals surface area contributed by atoms with Gasteiger partial charge in [-0.05, 0) is 24.6 Å². The normalized spacial score (nSPS) is 16.3. The number of aliphatic hydroxyl groups is 1. The van der Waals surface area contributed by atoms with E-state index in [0.29, 0.717) is 36.8 Å². The van der Waals surface area contributed by atoms with Crippen LogP contribution in [0.4, 0.5) is 5.69 Å². The first-order valence-corrected chi connectivity index (χ1v) is 8.30. The molecule has 7 heteroatoms. The van der Waals surface area contributed by atoms with Gasteiger partial charge in [-0.3, -0.25) is 9.48 Å². The lowest BCUT2D eigenvalue weighted by molar-refractivity contribution is -0.140. The van der Waals surface area contributed by atoms with Crippen molar-refractivity contribution < 1.29 is 9.90 Å². The maximum atomic E-state index is 12.5. The van der Waals surface area contributed by atoms with E-state index >= 15 is 0 Å². The van der Waals surface area contributed by atoms with Gasteiger partial charge in [-0.25, -0.2) is 0 Å². The number of piperazine rings is 1. The van der Waals surface area contributed by atoms with Gasteiger partial charge in [-0.1, -0.05) is 17.7 Å². The first kappa shape index (κ1) is 16.8. The van der Waals surface area contributed by atoms with Gasteiger partial charge in [0.1, 0.15) is 0 Å².